The van der Waals surface area contributed by atoms with E-state index in [9.17, 15) is 18.0 Å². The lowest BCUT2D eigenvalue weighted by Gasteiger charge is -2.29. The Morgan fingerprint density at radius 1 is 1.41 bits per heavy atom. The normalized spacial score (nSPS) is 17.5. The van der Waals surface area contributed by atoms with E-state index in [1.165, 1.54) is 6.07 Å². The first-order chi connectivity index (χ1) is 10.2. The smallest absolute Gasteiger partial charge is 0.353 e. The summed E-state index contributed by atoms with van der Waals surface area (Å²) in [4.78, 5) is 14.6. The van der Waals surface area contributed by atoms with Crippen LogP contribution in [0.2, 0.25) is 0 Å². The first kappa shape index (κ1) is 16.6. The van der Waals surface area contributed by atoms with Gasteiger partial charge in [-0.05, 0) is 37.8 Å². The second-order valence-electron chi connectivity index (χ2n) is 5.44. The van der Waals surface area contributed by atoms with Crippen molar-refractivity contribution >= 4 is 0 Å². The van der Waals surface area contributed by atoms with Crippen LogP contribution in [0.5, 0.6) is 0 Å². The lowest BCUT2D eigenvalue weighted by molar-refractivity contribution is -0.251. The van der Waals surface area contributed by atoms with E-state index in [4.69, 9.17) is 4.74 Å². The number of hydrogen-bond donors (Lipinski definition) is 1. The van der Waals surface area contributed by atoms with Crippen molar-refractivity contribution < 1.29 is 17.9 Å². The molecule has 1 heterocycles. The SMILES string of the molecule is CCc1cc([C@](C#CC2CC2)(OC)C(F)(F)F)c(=O)[nH]c1C. The standard InChI is InChI=1S/C16H18F3NO2/c1-4-12-9-13(14(21)20-10(12)2)15(22-3,16(17,18)19)8-7-11-5-6-11/h9,11H,4-6H2,1-3H3,(H,20,21)/t15-/m0/s1. The molecule has 0 amide bonds. The third-order valence-corrected chi connectivity index (χ3v) is 3.84. The second-order valence-corrected chi connectivity index (χ2v) is 5.44. The van der Waals surface area contributed by atoms with E-state index < -0.39 is 22.9 Å². The van der Waals surface area contributed by atoms with Crippen LogP contribution < -0.4 is 5.56 Å². The van der Waals surface area contributed by atoms with Crippen LogP contribution in [0.1, 0.15) is 36.6 Å². The molecule has 6 heteroatoms. The van der Waals surface area contributed by atoms with Crippen LogP contribution in [0.3, 0.4) is 0 Å². The van der Waals surface area contributed by atoms with E-state index in [0.29, 0.717) is 17.7 Å². The zero-order chi connectivity index (χ0) is 16.5. The fourth-order valence-corrected chi connectivity index (χ4v) is 2.29. The van der Waals surface area contributed by atoms with Gasteiger partial charge in [0.25, 0.3) is 11.2 Å². The summed E-state index contributed by atoms with van der Waals surface area (Å²) in [6.45, 7) is 3.46. The summed E-state index contributed by atoms with van der Waals surface area (Å²) in [5.74, 6) is 4.75. The number of halogens is 3. The predicted octanol–water partition coefficient (Wildman–Crippen LogP) is 3.06. The topological polar surface area (TPSA) is 42.1 Å². The van der Waals surface area contributed by atoms with Crippen LogP contribution >= 0.6 is 0 Å². The highest BCUT2D eigenvalue weighted by Crippen LogP contribution is 2.41. The molecule has 1 atom stereocenters. The summed E-state index contributed by atoms with van der Waals surface area (Å²) < 4.78 is 45.8. The number of alkyl halides is 3. The molecule has 22 heavy (non-hydrogen) atoms. The van der Waals surface area contributed by atoms with Gasteiger partial charge < -0.3 is 9.72 Å². The highest BCUT2D eigenvalue weighted by Gasteiger charge is 2.58. The Kier molecular flexibility index (Phi) is 4.39. The molecule has 1 fully saturated rings. The summed E-state index contributed by atoms with van der Waals surface area (Å²) >= 11 is 0. The molecular formula is C16H18F3NO2. The third kappa shape index (κ3) is 2.91. The maximum absolute atomic E-state index is 13.7. The Bertz CT molecular complexity index is 677. The zero-order valence-electron chi connectivity index (χ0n) is 12.7. The highest BCUT2D eigenvalue weighted by atomic mass is 19.4. The zero-order valence-corrected chi connectivity index (χ0v) is 12.7. The molecule has 0 radical (unpaired) electrons. The van der Waals surface area contributed by atoms with E-state index >= 15 is 0 Å². The van der Waals surface area contributed by atoms with Gasteiger partial charge in [-0.3, -0.25) is 4.79 Å². The monoisotopic (exact) mass is 313 g/mol. The van der Waals surface area contributed by atoms with Crippen molar-refractivity contribution in [2.75, 3.05) is 7.11 Å². The number of methoxy groups -OCH3 is 1. The number of hydrogen-bond acceptors (Lipinski definition) is 2. The van der Waals surface area contributed by atoms with E-state index in [-0.39, 0.29) is 5.92 Å². The largest absolute Gasteiger partial charge is 0.433 e. The summed E-state index contributed by atoms with van der Waals surface area (Å²) in [5.41, 5.74) is -3.02. The van der Waals surface area contributed by atoms with Gasteiger partial charge in [0.2, 0.25) is 0 Å². The van der Waals surface area contributed by atoms with E-state index in [1.54, 1.807) is 6.92 Å². The molecule has 1 N–H and O–H groups in total. The Hall–Kier alpha value is -1.74. The van der Waals surface area contributed by atoms with Gasteiger partial charge in [0.1, 0.15) is 0 Å². The average molecular weight is 313 g/mol. The Balaban J connectivity index is 2.69. The molecule has 0 bridgehead atoms. The molecule has 1 aromatic heterocycles. The van der Waals surface area contributed by atoms with Gasteiger partial charge in [-0.15, -0.1) is 0 Å². The molecule has 1 aliphatic rings. The summed E-state index contributed by atoms with van der Waals surface area (Å²) in [7, 11) is 0.931. The third-order valence-electron chi connectivity index (χ3n) is 3.84. The van der Waals surface area contributed by atoms with Crippen molar-refractivity contribution in [2.24, 2.45) is 5.92 Å². The van der Waals surface area contributed by atoms with Gasteiger partial charge in [0, 0.05) is 18.7 Å². The molecule has 3 nitrogen and oxygen atoms in total. The van der Waals surface area contributed by atoms with Gasteiger partial charge in [0.05, 0.1) is 5.56 Å². The number of rotatable bonds is 3. The minimum absolute atomic E-state index is 0.0351. The van der Waals surface area contributed by atoms with Crippen LogP contribution in [0, 0.1) is 24.7 Å². The van der Waals surface area contributed by atoms with Crippen LogP contribution in [-0.2, 0) is 16.8 Å². The molecule has 1 aliphatic carbocycles. The molecule has 0 aromatic carbocycles. The molecule has 1 saturated carbocycles. The maximum Gasteiger partial charge on any atom is 0.433 e. The highest BCUT2D eigenvalue weighted by molar-refractivity contribution is 5.38. The Morgan fingerprint density at radius 3 is 2.50 bits per heavy atom. The number of aryl methyl sites for hydroxylation is 2. The van der Waals surface area contributed by atoms with E-state index in [2.05, 4.69) is 16.8 Å². The molecule has 0 saturated heterocycles. The summed E-state index contributed by atoms with van der Waals surface area (Å²) in [6, 6.07) is 1.26. The molecule has 120 valence electrons. The van der Waals surface area contributed by atoms with Gasteiger partial charge >= 0.3 is 6.18 Å². The number of aromatic amines is 1. The van der Waals surface area contributed by atoms with Crippen LogP contribution in [0.4, 0.5) is 13.2 Å². The Labute approximate surface area is 126 Å². The van der Waals surface area contributed by atoms with Crippen molar-refractivity contribution in [1.82, 2.24) is 4.98 Å². The first-order valence-corrected chi connectivity index (χ1v) is 7.13. The van der Waals surface area contributed by atoms with E-state index in [1.807, 2.05) is 6.92 Å². The van der Waals surface area contributed by atoms with Gasteiger partial charge in [0.15, 0.2) is 0 Å². The lowest BCUT2D eigenvalue weighted by atomic mass is 9.92. The molecule has 0 spiro atoms. The van der Waals surface area contributed by atoms with Gasteiger partial charge in [-0.25, -0.2) is 0 Å². The van der Waals surface area contributed by atoms with Crippen LogP contribution in [-0.4, -0.2) is 18.3 Å². The fraction of sp³-hybridized carbons (Fsp3) is 0.562. The Morgan fingerprint density at radius 2 is 2.05 bits per heavy atom. The number of pyridine rings is 1. The number of ether oxygens (including phenoxy) is 1. The minimum atomic E-state index is -4.81. The molecule has 0 aliphatic heterocycles. The fourth-order valence-electron chi connectivity index (χ4n) is 2.29. The molecular weight excluding hydrogens is 295 g/mol. The summed E-state index contributed by atoms with van der Waals surface area (Å²) in [6.07, 6.45) is -2.73. The second kappa shape index (κ2) is 5.81. The van der Waals surface area contributed by atoms with Crippen molar-refractivity contribution in [3.05, 3.63) is 33.2 Å². The van der Waals surface area contributed by atoms with Gasteiger partial charge in [-0.2, -0.15) is 13.2 Å². The number of aromatic nitrogens is 1. The van der Waals surface area contributed by atoms with Crippen molar-refractivity contribution in [1.29, 1.82) is 0 Å². The number of H-pyrrole nitrogens is 1. The first-order valence-electron chi connectivity index (χ1n) is 7.13. The van der Waals surface area contributed by atoms with Crippen molar-refractivity contribution in [3.8, 4) is 11.8 Å². The average Bonchev–Trinajstić information content (AvgIpc) is 3.24. The molecule has 2 rings (SSSR count). The van der Waals surface area contributed by atoms with Crippen molar-refractivity contribution in [2.45, 2.75) is 44.9 Å². The quantitative estimate of drug-likeness (QED) is 0.872. The predicted molar refractivity (Wildman–Crippen MR) is 76.4 cm³/mol. The lowest BCUT2D eigenvalue weighted by Crippen LogP contribution is -2.46. The maximum atomic E-state index is 13.7. The minimum Gasteiger partial charge on any atom is -0.353 e. The van der Waals surface area contributed by atoms with Crippen molar-refractivity contribution in [3.63, 3.8) is 0 Å². The van der Waals surface area contributed by atoms with Crippen LogP contribution in [0.25, 0.3) is 0 Å². The number of nitrogens with one attached hydrogen (secondary N) is 1. The van der Waals surface area contributed by atoms with Gasteiger partial charge in [-0.1, -0.05) is 18.8 Å². The molecule has 1 aromatic rings. The van der Waals surface area contributed by atoms with E-state index in [0.717, 1.165) is 20.0 Å². The van der Waals surface area contributed by atoms with Crippen LogP contribution in [0.15, 0.2) is 10.9 Å². The summed E-state index contributed by atoms with van der Waals surface area (Å²) in [5, 5.41) is 0. The molecule has 0 unspecified atom stereocenters.